The fourth-order valence-corrected chi connectivity index (χ4v) is 1.51. The van der Waals surface area contributed by atoms with Crippen molar-refractivity contribution in [3.63, 3.8) is 0 Å². The van der Waals surface area contributed by atoms with Gasteiger partial charge in [0.2, 0.25) is 0 Å². The first-order valence-corrected chi connectivity index (χ1v) is 5.84. The van der Waals surface area contributed by atoms with E-state index in [4.69, 9.17) is 10.5 Å². The zero-order valence-corrected chi connectivity index (χ0v) is 11.0. The first-order valence-electron chi connectivity index (χ1n) is 5.84. The summed E-state index contributed by atoms with van der Waals surface area (Å²) in [4.78, 5) is 22.3. The van der Waals surface area contributed by atoms with Crippen LogP contribution in [0.4, 0.5) is 0 Å². The first kappa shape index (κ1) is 14.4. The molecule has 0 saturated carbocycles. The van der Waals surface area contributed by atoms with Crippen molar-refractivity contribution in [2.24, 2.45) is 5.73 Å². The van der Waals surface area contributed by atoms with E-state index in [9.17, 15) is 9.59 Å². The van der Waals surface area contributed by atoms with Crippen molar-refractivity contribution in [1.29, 1.82) is 0 Å². The molecule has 0 bridgehead atoms. The molecule has 0 fully saturated rings. The van der Waals surface area contributed by atoms with Crippen LogP contribution in [0.2, 0.25) is 0 Å². The Balaban J connectivity index is 2.83. The molecule has 0 saturated heterocycles. The molecule has 1 aromatic rings. The normalized spacial score (nSPS) is 12.9. The van der Waals surface area contributed by atoms with E-state index in [-0.39, 0.29) is 0 Å². The molecular formula is C14H19NO3. The molecule has 0 radical (unpaired) electrons. The highest BCUT2D eigenvalue weighted by Crippen LogP contribution is 2.17. The van der Waals surface area contributed by atoms with Gasteiger partial charge in [0.15, 0.2) is 0 Å². The highest BCUT2D eigenvalue weighted by Gasteiger charge is 2.23. The third kappa shape index (κ3) is 4.30. The highest BCUT2D eigenvalue weighted by molar-refractivity contribution is 5.77. The Morgan fingerprint density at radius 2 is 2.11 bits per heavy atom. The second-order valence-electron chi connectivity index (χ2n) is 5.13. The van der Waals surface area contributed by atoms with Crippen molar-refractivity contribution in [3.05, 3.63) is 35.4 Å². The average Bonchev–Trinajstić information content (AvgIpc) is 2.26. The molecule has 1 unspecified atom stereocenters. The molecule has 1 aromatic carbocycles. The molecule has 0 aliphatic rings. The molecule has 1 atom stereocenters. The zero-order valence-electron chi connectivity index (χ0n) is 11.0. The molecule has 4 heteroatoms. The van der Waals surface area contributed by atoms with Crippen LogP contribution in [0.25, 0.3) is 0 Å². The fourth-order valence-electron chi connectivity index (χ4n) is 1.51. The van der Waals surface area contributed by atoms with Crippen molar-refractivity contribution in [1.82, 2.24) is 0 Å². The van der Waals surface area contributed by atoms with Crippen LogP contribution in [0.5, 0.6) is 0 Å². The molecule has 0 amide bonds. The Kier molecular flexibility index (Phi) is 4.62. The van der Waals surface area contributed by atoms with Gasteiger partial charge in [-0.25, -0.2) is 4.79 Å². The van der Waals surface area contributed by atoms with Crippen molar-refractivity contribution >= 4 is 12.3 Å². The lowest BCUT2D eigenvalue weighted by Gasteiger charge is -2.22. The van der Waals surface area contributed by atoms with Crippen molar-refractivity contribution in [2.45, 2.75) is 38.8 Å². The van der Waals surface area contributed by atoms with E-state index in [2.05, 4.69) is 0 Å². The predicted molar refractivity (Wildman–Crippen MR) is 69.0 cm³/mol. The van der Waals surface area contributed by atoms with Gasteiger partial charge in [0, 0.05) is 6.42 Å². The summed E-state index contributed by atoms with van der Waals surface area (Å²) in [5, 5.41) is 0. The van der Waals surface area contributed by atoms with Crippen LogP contribution in [0.3, 0.4) is 0 Å². The van der Waals surface area contributed by atoms with Gasteiger partial charge in [-0.15, -0.1) is 0 Å². The van der Waals surface area contributed by atoms with Crippen LogP contribution < -0.4 is 5.73 Å². The Morgan fingerprint density at radius 1 is 1.44 bits per heavy atom. The SMILES string of the molecule is CC(C)(C)OC(=O)C(N)c1cccc(CC=O)c1. The lowest BCUT2D eigenvalue weighted by Crippen LogP contribution is -2.31. The second-order valence-corrected chi connectivity index (χ2v) is 5.13. The van der Waals surface area contributed by atoms with Crippen LogP contribution in [-0.2, 0) is 20.7 Å². The van der Waals surface area contributed by atoms with E-state index >= 15 is 0 Å². The molecule has 0 aliphatic carbocycles. The summed E-state index contributed by atoms with van der Waals surface area (Å²) < 4.78 is 5.22. The monoisotopic (exact) mass is 249 g/mol. The van der Waals surface area contributed by atoms with Crippen LogP contribution >= 0.6 is 0 Å². The number of hydrogen-bond acceptors (Lipinski definition) is 4. The minimum atomic E-state index is -0.823. The molecule has 0 aliphatic heterocycles. The minimum absolute atomic E-state index is 0.314. The van der Waals surface area contributed by atoms with Gasteiger partial charge in [0.25, 0.3) is 0 Å². The Hall–Kier alpha value is -1.68. The molecule has 0 spiro atoms. The predicted octanol–water partition coefficient (Wildman–Crippen LogP) is 1.77. The van der Waals surface area contributed by atoms with Crippen LogP contribution in [-0.4, -0.2) is 17.9 Å². The third-order valence-corrected chi connectivity index (χ3v) is 2.29. The number of esters is 1. The number of nitrogens with two attached hydrogens (primary N) is 1. The second kappa shape index (κ2) is 5.78. The van der Waals surface area contributed by atoms with E-state index in [1.165, 1.54) is 0 Å². The third-order valence-electron chi connectivity index (χ3n) is 2.29. The van der Waals surface area contributed by atoms with Crippen LogP contribution in [0.15, 0.2) is 24.3 Å². The van der Waals surface area contributed by atoms with Crippen LogP contribution in [0, 0.1) is 0 Å². The largest absolute Gasteiger partial charge is 0.459 e. The number of benzene rings is 1. The standard InChI is InChI=1S/C14H19NO3/c1-14(2,3)18-13(17)12(15)11-6-4-5-10(9-11)7-8-16/h4-6,8-9,12H,7,15H2,1-3H3. The van der Waals surface area contributed by atoms with Gasteiger partial charge in [-0.3, -0.25) is 0 Å². The summed E-state index contributed by atoms with van der Waals surface area (Å²) in [6.45, 7) is 5.38. The van der Waals surface area contributed by atoms with E-state index in [0.29, 0.717) is 12.0 Å². The van der Waals surface area contributed by atoms with Crippen LogP contribution in [0.1, 0.15) is 37.9 Å². The molecule has 0 aromatic heterocycles. The lowest BCUT2D eigenvalue weighted by atomic mass is 10.0. The smallest absolute Gasteiger partial charge is 0.328 e. The van der Waals surface area contributed by atoms with Gasteiger partial charge in [-0.1, -0.05) is 24.3 Å². The molecule has 98 valence electrons. The number of carbonyl (C=O) groups excluding carboxylic acids is 2. The van der Waals surface area contributed by atoms with E-state index < -0.39 is 17.6 Å². The maximum absolute atomic E-state index is 11.8. The summed E-state index contributed by atoms with van der Waals surface area (Å²) in [7, 11) is 0. The van der Waals surface area contributed by atoms with Crippen molar-refractivity contribution in [3.8, 4) is 0 Å². The molecule has 0 heterocycles. The number of aldehydes is 1. The number of ether oxygens (including phenoxy) is 1. The summed E-state index contributed by atoms with van der Waals surface area (Å²) in [5.41, 5.74) is 6.78. The van der Waals surface area contributed by atoms with E-state index in [0.717, 1.165) is 11.8 Å². The Labute approximate surface area is 107 Å². The lowest BCUT2D eigenvalue weighted by molar-refractivity contribution is -0.156. The first-order chi connectivity index (χ1) is 8.33. The summed E-state index contributed by atoms with van der Waals surface area (Å²) in [5.74, 6) is -0.467. The molecule has 1 rings (SSSR count). The number of hydrogen-bond donors (Lipinski definition) is 1. The molecule has 18 heavy (non-hydrogen) atoms. The maximum Gasteiger partial charge on any atom is 0.328 e. The van der Waals surface area contributed by atoms with Crippen molar-refractivity contribution < 1.29 is 14.3 Å². The zero-order chi connectivity index (χ0) is 13.8. The van der Waals surface area contributed by atoms with E-state index in [1.807, 2.05) is 6.07 Å². The average molecular weight is 249 g/mol. The van der Waals surface area contributed by atoms with Gasteiger partial charge in [0.05, 0.1) is 0 Å². The van der Waals surface area contributed by atoms with Gasteiger partial charge < -0.3 is 15.3 Å². The molecular weight excluding hydrogens is 230 g/mol. The Morgan fingerprint density at radius 3 is 2.67 bits per heavy atom. The van der Waals surface area contributed by atoms with Crippen molar-refractivity contribution in [2.75, 3.05) is 0 Å². The quantitative estimate of drug-likeness (QED) is 0.652. The minimum Gasteiger partial charge on any atom is -0.459 e. The summed E-state index contributed by atoms with van der Waals surface area (Å²) >= 11 is 0. The maximum atomic E-state index is 11.8. The van der Waals surface area contributed by atoms with E-state index in [1.54, 1.807) is 39.0 Å². The molecule has 2 N–H and O–H groups in total. The Bertz CT molecular complexity index is 435. The highest BCUT2D eigenvalue weighted by atomic mass is 16.6. The topological polar surface area (TPSA) is 69.4 Å². The summed E-state index contributed by atoms with van der Waals surface area (Å²) in [6, 6.07) is 6.28. The van der Waals surface area contributed by atoms with Gasteiger partial charge in [-0.05, 0) is 31.9 Å². The number of carbonyl (C=O) groups is 2. The fraction of sp³-hybridized carbons (Fsp3) is 0.429. The number of rotatable bonds is 4. The summed E-state index contributed by atoms with van der Waals surface area (Å²) in [6.07, 6.45) is 1.13. The molecule has 4 nitrogen and oxygen atoms in total. The van der Waals surface area contributed by atoms with Gasteiger partial charge in [-0.2, -0.15) is 0 Å². The van der Waals surface area contributed by atoms with Gasteiger partial charge in [0.1, 0.15) is 17.9 Å². The van der Waals surface area contributed by atoms with Gasteiger partial charge >= 0.3 is 5.97 Å².